The van der Waals surface area contributed by atoms with Gasteiger partial charge in [0.15, 0.2) is 21.3 Å². The number of benzene rings is 1. The second kappa shape index (κ2) is 5.28. The number of hydrogen-bond donors (Lipinski definition) is 1. The summed E-state index contributed by atoms with van der Waals surface area (Å²) in [5.41, 5.74) is 6.60. The molecule has 0 amide bonds. The van der Waals surface area contributed by atoms with Gasteiger partial charge in [-0.25, -0.2) is 13.4 Å². The van der Waals surface area contributed by atoms with Gasteiger partial charge in [-0.15, -0.1) is 0 Å². The molecule has 0 aliphatic carbocycles. The third-order valence-corrected chi connectivity index (χ3v) is 3.94. The molecule has 2 N–H and O–H groups in total. The number of nitrogens with zero attached hydrogens (tertiary/aromatic N) is 1. The smallest absolute Gasteiger partial charge is 0.198 e. The SMILES string of the molecule is COC(CN)Cc1nc2cc(S(C)(=O)=O)ccc2o1. The summed E-state index contributed by atoms with van der Waals surface area (Å²) in [5, 5.41) is 0. The summed E-state index contributed by atoms with van der Waals surface area (Å²) >= 11 is 0. The summed E-state index contributed by atoms with van der Waals surface area (Å²) in [7, 11) is -1.67. The molecule has 0 radical (unpaired) electrons. The molecule has 2 aromatic rings. The van der Waals surface area contributed by atoms with E-state index in [9.17, 15) is 8.42 Å². The van der Waals surface area contributed by atoms with Crippen molar-refractivity contribution in [1.82, 2.24) is 4.98 Å². The molecule has 6 nitrogen and oxygen atoms in total. The zero-order valence-corrected chi connectivity index (χ0v) is 11.6. The average molecular weight is 284 g/mol. The Labute approximate surface area is 111 Å². The highest BCUT2D eigenvalue weighted by Gasteiger charge is 2.14. The number of aromatic nitrogens is 1. The van der Waals surface area contributed by atoms with Gasteiger partial charge in [-0.3, -0.25) is 0 Å². The summed E-state index contributed by atoms with van der Waals surface area (Å²) in [5.74, 6) is 0.484. The first-order valence-corrected chi connectivity index (χ1v) is 7.65. The van der Waals surface area contributed by atoms with Crippen LogP contribution in [0.1, 0.15) is 5.89 Å². The molecule has 1 aromatic carbocycles. The highest BCUT2D eigenvalue weighted by atomic mass is 32.2. The molecule has 1 heterocycles. The van der Waals surface area contributed by atoms with Crippen LogP contribution in [0.3, 0.4) is 0 Å². The largest absolute Gasteiger partial charge is 0.441 e. The highest BCUT2D eigenvalue weighted by molar-refractivity contribution is 7.90. The summed E-state index contributed by atoms with van der Waals surface area (Å²) < 4.78 is 33.6. The molecule has 104 valence electrons. The molecule has 0 saturated heterocycles. The minimum Gasteiger partial charge on any atom is -0.441 e. The van der Waals surface area contributed by atoms with Gasteiger partial charge in [0.1, 0.15) is 5.52 Å². The number of nitrogens with two attached hydrogens (primary N) is 1. The van der Waals surface area contributed by atoms with Gasteiger partial charge in [-0.2, -0.15) is 0 Å². The first-order chi connectivity index (χ1) is 8.94. The number of oxazole rings is 1. The lowest BCUT2D eigenvalue weighted by Crippen LogP contribution is -2.24. The molecule has 1 atom stereocenters. The molecule has 7 heteroatoms. The fourth-order valence-electron chi connectivity index (χ4n) is 1.73. The number of ether oxygens (including phenoxy) is 1. The minimum absolute atomic E-state index is 0.164. The van der Waals surface area contributed by atoms with E-state index in [1.807, 2.05) is 0 Å². The number of methoxy groups -OCH3 is 1. The average Bonchev–Trinajstić information content (AvgIpc) is 2.76. The van der Waals surface area contributed by atoms with Crippen LogP contribution in [0.2, 0.25) is 0 Å². The van der Waals surface area contributed by atoms with Crippen LogP contribution in [0.15, 0.2) is 27.5 Å². The van der Waals surface area contributed by atoms with Gasteiger partial charge in [0.25, 0.3) is 0 Å². The maximum atomic E-state index is 11.5. The fraction of sp³-hybridized carbons (Fsp3) is 0.417. The van der Waals surface area contributed by atoms with Gasteiger partial charge in [0, 0.05) is 19.9 Å². The number of fused-ring (bicyclic) bond motifs is 1. The first-order valence-electron chi connectivity index (χ1n) is 5.76. The summed E-state index contributed by atoms with van der Waals surface area (Å²) in [6.45, 7) is 0.365. The Morgan fingerprint density at radius 1 is 1.47 bits per heavy atom. The van der Waals surface area contributed by atoms with E-state index in [1.165, 1.54) is 12.1 Å². The molecule has 19 heavy (non-hydrogen) atoms. The topological polar surface area (TPSA) is 95.4 Å². The molecular weight excluding hydrogens is 268 g/mol. The van der Waals surface area contributed by atoms with Gasteiger partial charge in [0.2, 0.25) is 0 Å². The Morgan fingerprint density at radius 3 is 2.79 bits per heavy atom. The molecule has 0 bridgehead atoms. The van der Waals surface area contributed by atoms with Crippen LogP contribution in [0, 0.1) is 0 Å². The van der Waals surface area contributed by atoms with E-state index in [0.29, 0.717) is 30.0 Å². The van der Waals surface area contributed by atoms with Crippen LogP contribution in [-0.2, 0) is 21.0 Å². The van der Waals surface area contributed by atoms with Crippen molar-refractivity contribution in [3.63, 3.8) is 0 Å². The molecule has 0 fully saturated rings. The van der Waals surface area contributed by atoms with Gasteiger partial charge < -0.3 is 14.9 Å². The van der Waals surface area contributed by atoms with Crippen molar-refractivity contribution in [1.29, 1.82) is 0 Å². The molecule has 1 aromatic heterocycles. The van der Waals surface area contributed by atoms with Crippen LogP contribution in [0.5, 0.6) is 0 Å². The van der Waals surface area contributed by atoms with Gasteiger partial charge in [0.05, 0.1) is 17.4 Å². The van der Waals surface area contributed by atoms with Crippen LogP contribution >= 0.6 is 0 Å². The quantitative estimate of drug-likeness (QED) is 0.870. The zero-order valence-electron chi connectivity index (χ0n) is 10.8. The molecule has 0 saturated carbocycles. The Balaban J connectivity index is 2.36. The number of hydrogen-bond acceptors (Lipinski definition) is 6. The summed E-state index contributed by atoms with van der Waals surface area (Å²) in [6, 6.07) is 4.61. The van der Waals surface area contributed by atoms with Crippen LogP contribution in [0.25, 0.3) is 11.1 Å². The zero-order chi connectivity index (χ0) is 14.0. The van der Waals surface area contributed by atoms with E-state index in [-0.39, 0.29) is 11.0 Å². The van der Waals surface area contributed by atoms with E-state index in [0.717, 1.165) is 6.26 Å². The van der Waals surface area contributed by atoms with Gasteiger partial charge in [-0.1, -0.05) is 0 Å². The summed E-state index contributed by atoms with van der Waals surface area (Å²) in [4.78, 5) is 4.48. The lowest BCUT2D eigenvalue weighted by molar-refractivity contribution is 0.104. The van der Waals surface area contributed by atoms with E-state index in [2.05, 4.69) is 4.98 Å². The molecule has 0 aliphatic heterocycles. The Kier molecular flexibility index (Phi) is 3.88. The number of rotatable bonds is 5. The molecule has 0 spiro atoms. The van der Waals surface area contributed by atoms with Crippen LogP contribution in [0.4, 0.5) is 0 Å². The highest BCUT2D eigenvalue weighted by Crippen LogP contribution is 2.20. The lowest BCUT2D eigenvalue weighted by atomic mass is 10.2. The Morgan fingerprint density at radius 2 is 2.21 bits per heavy atom. The van der Waals surface area contributed by atoms with Crippen molar-refractivity contribution >= 4 is 20.9 Å². The maximum absolute atomic E-state index is 11.5. The standard InChI is InChI=1S/C12H16N2O4S/c1-17-8(7-13)5-12-14-10-6-9(19(2,15)16)3-4-11(10)18-12/h3-4,6,8H,5,7,13H2,1-2H3. The van der Waals surface area contributed by atoms with E-state index < -0.39 is 9.84 Å². The van der Waals surface area contributed by atoms with Gasteiger partial charge in [-0.05, 0) is 18.2 Å². The second-order valence-corrected chi connectivity index (χ2v) is 6.32. The van der Waals surface area contributed by atoms with Crippen molar-refractivity contribution in [2.45, 2.75) is 17.4 Å². The lowest BCUT2D eigenvalue weighted by Gasteiger charge is -2.09. The third kappa shape index (κ3) is 3.12. The van der Waals surface area contributed by atoms with Crippen molar-refractivity contribution in [3.05, 3.63) is 24.1 Å². The van der Waals surface area contributed by atoms with E-state index in [1.54, 1.807) is 13.2 Å². The second-order valence-electron chi connectivity index (χ2n) is 4.31. The molecule has 2 rings (SSSR count). The van der Waals surface area contributed by atoms with Crippen LogP contribution in [-0.4, -0.2) is 39.4 Å². The third-order valence-electron chi connectivity index (χ3n) is 2.83. The van der Waals surface area contributed by atoms with Crippen LogP contribution < -0.4 is 5.73 Å². The van der Waals surface area contributed by atoms with Crippen molar-refractivity contribution in [2.75, 3.05) is 19.9 Å². The van der Waals surface area contributed by atoms with Crippen molar-refractivity contribution < 1.29 is 17.6 Å². The fourth-order valence-corrected chi connectivity index (χ4v) is 2.37. The van der Waals surface area contributed by atoms with E-state index >= 15 is 0 Å². The Bertz CT molecular complexity index is 674. The predicted octanol–water partition coefficient (Wildman–Crippen LogP) is 0.747. The van der Waals surface area contributed by atoms with Crippen molar-refractivity contribution in [3.8, 4) is 0 Å². The van der Waals surface area contributed by atoms with Gasteiger partial charge >= 0.3 is 0 Å². The number of sulfone groups is 1. The predicted molar refractivity (Wildman–Crippen MR) is 70.7 cm³/mol. The maximum Gasteiger partial charge on any atom is 0.198 e. The Hall–Kier alpha value is -1.44. The minimum atomic E-state index is -3.24. The monoisotopic (exact) mass is 284 g/mol. The summed E-state index contributed by atoms with van der Waals surface area (Å²) in [6.07, 6.45) is 1.45. The first kappa shape index (κ1) is 14.0. The molecule has 0 aliphatic rings. The normalized spacial score (nSPS) is 13.8. The van der Waals surface area contributed by atoms with Crippen molar-refractivity contribution in [2.24, 2.45) is 5.73 Å². The van der Waals surface area contributed by atoms with E-state index in [4.69, 9.17) is 14.9 Å². The molecular formula is C12H16N2O4S. The molecule has 1 unspecified atom stereocenters.